The van der Waals surface area contributed by atoms with Crippen LogP contribution >= 0.6 is 0 Å². The fraction of sp³-hybridized carbons (Fsp3) is 0.714. The molecule has 0 saturated heterocycles. The Labute approximate surface area is 138 Å². The number of amides is 1. The molecule has 1 aliphatic heterocycles. The van der Waals surface area contributed by atoms with E-state index in [-0.39, 0.29) is 25.0 Å². The largest absolute Gasteiger partial charge is 0.478 e. The van der Waals surface area contributed by atoms with Gasteiger partial charge in [0.15, 0.2) is 6.10 Å². The molecule has 1 heterocycles. The van der Waals surface area contributed by atoms with Crippen molar-refractivity contribution in [2.45, 2.75) is 50.2 Å². The van der Waals surface area contributed by atoms with Gasteiger partial charge in [-0.25, -0.2) is 4.79 Å². The second-order valence-corrected chi connectivity index (χ2v) is 5.48. The first-order chi connectivity index (χ1) is 11.2. The molecule has 1 aliphatic rings. The van der Waals surface area contributed by atoms with Gasteiger partial charge in [-0.1, -0.05) is 0 Å². The fourth-order valence-electron chi connectivity index (χ4n) is 2.54. The van der Waals surface area contributed by atoms with Gasteiger partial charge in [-0.05, 0) is 12.8 Å². The number of hydrogen-bond acceptors (Lipinski definition) is 8. The van der Waals surface area contributed by atoms with Gasteiger partial charge >= 0.3 is 5.97 Å². The van der Waals surface area contributed by atoms with Crippen molar-refractivity contribution in [3.8, 4) is 0 Å². The Morgan fingerprint density at radius 1 is 1.29 bits per heavy atom. The van der Waals surface area contributed by atoms with Crippen molar-refractivity contribution in [3.63, 3.8) is 0 Å². The first-order valence-corrected chi connectivity index (χ1v) is 7.40. The summed E-state index contributed by atoms with van der Waals surface area (Å²) in [6, 6.07) is -1.24. The smallest absolute Gasteiger partial charge is 0.371 e. The Kier molecular flexibility index (Phi) is 7.58. The lowest BCUT2D eigenvalue weighted by Gasteiger charge is -2.40. The summed E-state index contributed by atoms with van der Waals surface area (Å²) in [5, 5.41) is 59.5. The molecule has 10 heteroatoms. The summed E-state index contributed by atoms with van der Waals surface area (Å²) < 4.78 is 5.23. The standard InChI is InChI=1S/C14H23NO9/c1-6(18)15-9-10(20)7(3-2-4-16)12(14(22)23)24-13(9)11(21)8(19)5-17/h8-11,13,16-17,19-21H,2-5H2,1H3,(H,15,18)(H,22,23)/t8-,9-,10+,11-,13-/m1/s1. The monoisotopic (exact) mass is 349 g/mol. The zero-order valence-electron chi connectivity index (χ0n) is 13.1. The number of carboxylic acids is 1. The number of nitrogens with one attached hydrogen (secondary N) is 1. The molecular formula is C14H23NO9. The predicted octanol–water partition coefficient (Wildman–Crippen LogP) is -2.92. The number of rotatable bonds is 8. The summed E-state index contributed by atoms with van der Waals surface area (Å²) in [6.45, 7) is 0.0824. The number of carbonyl (C=O) groups is 2. The van der Waals surface area contributed by atoms with Crippen molar-refractivity contribution < 1.29 is 45.0 Å². The minimum absolute atomic E-state index is 0.000748. The van der Waals surface area contributed by atoms with E-state index >= 15 is 0 Å². The number of carbonyl (C=O) groups excluding carboxylic acids is 1. The van der Waals surface area contributed by atoms with Crippen molar-refractivity contribution in [2.75, 3.05) is 13.2 Å². The van der Waals surface area contributed by atoms with Gasteiger partial charge in [-0.3, -0.25) is 4.79 Å². The van der Waals surface area contributed by atoms with Crippen molar-refractivity contribution in [2.24, 2.45) is 0 Å². The molecule has 0 radical (unpaired) electrons. The van der Waals surface area contributed by atoms with Crippen LogP contribution < -0.4 is 5.32 Å². The van der Waals surface area contributed by atoms with E-state index in [1.54, 1.807) is 0 Å². The second kappa shape index (κ2) is 8.94. The number of aliphatic hydroxyl groups excluding tert-OH is 5. The van der Waals surface area contributed by atoms with Gasteiger partial charge in [0.05, 0.1) is 12.6 Å². The summed E-state index contributed by atoms with van der Waals surface area (Å²) in [4.78, 5) is 22.7. The molecule has 0 aliphatic carbocycles. The lowest BCUT2D eigenvalue weighted by Crippen LogP contribution is -2.61. The van der Waals surface area contributed by atoms with Crippen LogP contribution in [0.3, 0.4) is 0 Å². The molecule has 138 valence electrons. The third-order valence-corrected chi connectivity index (χ3v) is 3.68. The second-order valence-electron chi connectivity index (χ2n) is 5.48. The quantitative estimate of drug-likeness (QED) is 0.242. The Balaban J connectivity index is 3.26. The molecule has 0 aromatic rings. The van der Waals surface area contributed by atoms with Crippen molar-refractivity contribution in [3.05, 3.63) is 11.3 Å². The number of aliphatic carboxylic acids is 1. The maximum absolute atomic E-state index is 11.4. The molecule has 0 unspecified atom stereocenters. The molecule has 0 bridgehead atoms. The fourth-order valence-corrected chi connectivity index (χ4v) is 2.54. The molecule has 0 spiro atoms. The molecular weight excluding hydrogens is 326 g/mol. The zero-order valence-corrected chi connectivity index (χ0v) is 13.1. The van der Waals surface area contributed by atoms with E-state index in [9.17, 15) is 30.0 Å². The van der Waals surface area contributed by atoms with Gasteiger partial charge in [0.2, 0.25) is 11.7 Å². The predicted molar refractivity (Wildman–Crippen MR) is 78.6 cm³/mol. The zero-order chi connectivity index (χ0) is 18.4. The van der Waals surface area contributed by atoms with Crippen LogP contribution in [-0.2, 0) is 14.3 Å². The maximum Gasteiger partial charge on any atom is 0.371 e. The lowest BCUT2D eigenvalue weighted by molar-refractivity contribution is -0.151. The molecule has 7 N–H and O–H groups in total. The summed E-state index contributed by atoms with van der Waals surface area (Å²) in [5.41, 5.74) is -0.0442. The molecule has 1 rings (SSSR count). The van der Waals surface area contributed by atoms with Gasteiger partial charge in [0.1, 0.15) is 18.3 Å². The van der Waals surface area contributed by atoms with Crippen LogP contribution in [0.1, 0.15) is 19.8 Å². The van der Waals surface area contributed by atoms with Crippen LogP contribution in [0, 0.1) is 0 Å². The highest BCUT2D eigenvalue weighted by Gasteiger charge is 2.46. The normalized spacial score (nSPS) is 26.5. The van der Waals surface area contributed by atoms with Crippen LogP contribution in [0.4, 0.5) is 0 Å². The van der Waals surface area contributed by atoms with Crippen LogP contribution in [-0.4, -0.2) is 86.2 Å². The minimum Gasteiger partial charge on any atom is -0.478 e. The third kappa shape index (κ3) is 4.65. The Morgan fingerprint density at radius 2 is 1.92 bits per heavy atom. The van der Waals surface area contributed by atoms with Gasteiger partial charge < -0.3 is 40.7 Å². The van der Waals surface area contributed by atoms with Crippen molar-refractivity contribution >= 4 is 11.9 Å². The van der Waals surface area contributed by atoms with E-state index in [2.05, 4.69) is 5.32 Å². The molecule has 0 saturated carbocycles. The van der Waals surface area contributed by atoms with Crippen LogP contribution in [0.2, 0.25) is 0 Å². The number of carboxylic acid groups (broad SMARTS) is 1. The number of ether oxygens (including phenoxy) is 1. The SMILES string of the molecule is CC(=O)N[C@H]1[C@H]([C@H](O)[C@H](O)CO)OC(C(=O)O)=C(CCCO)[C@@H]1O. The Hall–Kier alpha value is -1.72. The lowest BCUT2D eigenvalue weighted by atomic mass is 9.87. The average Bonchev–Trinajstić information content (AvgIpc) is 2.53. The van der Waals surface area contributed by atoms with E-state index in [0.29, 0.717) is 0 Å². The van der Waals surface area contributed by atoms with E-state index in [0.717, 1.165) is 6.92 Å². The van der Waals surface area contributed by atoms with Gasteiger partial charge in [0.25, 0.3) is 0 Å². The van der Waals surface area contributed by atoms with E-state index in [1.165, 1.54) is 0 Å². The van der Waals surface area contributed by atoms with Gasteiger partial charge in [-0.2, -0.15) is 0 Å². The Morgan fingerprint density at radius 3 is 2.38 bits per heavy atom. The molecule has 0 aromatic carbocycles. The highest BCUT2D eigenvalue weighted by molar-refractivity contribution is 5.86. The minimum atomic E-state index is -1.75. The molecule has 24 heavy (non-hydrogen) atoms. The molecule has 0 fully saturated rings. The van der Waals surface area contributed by atoms with E-state index in [1.807, 2.05) is 0 Å². The van der Waals surface area contributed by atoms with E-state index < -0.39 is 54.7 Å². The molecule has 0 aromatic heterocycles. The number of hydrogen-bond donors (Lipinski definition) is 7. The molecule has 1 amide bonds. The Bertz CT molecular complexity index is 493. The average molecular weight is 349 g/mol. The van der Waals surface area contributed by atoms with Crippen LogP contribution in [0.5, 0.6) is 0 Å². The molecule has 10 nitrogen and oxygen atoms in total. The third-order valence-electron chi connectivity index (χ3n) is 3.68. The maximum atomic E-state index is 11.4. The summed E-state index contributed by atoms with van der Waals surface area (Å²) in [7, 11) is 0. The number of aliphatic hydroxyl groups is 5. The first kappa shape index (κ1) is 20.3. The van der Waals surface area contributed by atoms with Crippen LogP contribution in [0.15, 0.2) is 11.3 Å². The van der Waals surface area contributed by atoms with Gasteiger partial charge in [0, 0.05) is 19.1 Å². The van der Waals surface area contributed by atoms with Crippen molar-refractivity contribution in [1.29, 1.82) is 0 Å². The highest BCUT2D eigenvalue weighted by Crippen LogP contribution is 2.30. The van der Waals surface area contributed by atoms with Gasteiger partial charge in [-0.15, -0.1) is 0 Å². The highest BCUT2D eigenvalue weighted by atomic mass is 16.5. The summed E-state index contributed by atoms with van der Waals surface area (Å²) in [5.74, 6) is -2.69. The molecule has 5 atom stereocenters. The summed E-state index contributed by atoms with van der Waals surface area (Å²) in [6.07, 6.45) is -6.25. The van der Waals surface area contributed by atoms with E-state index in [4.69, 9.17) is 14.9 Å². The summed E-state index contributed by atoms with van der Waals surface area (Å²) >= 11 is 0. The first-order valence-electron chi connectivity index (χ1n) is 7.40. The van der Waals surface area contributed by atoms with Crippen molar-refractivity contribution in [1.82, 2.24) is 5.32 Å². The topological polar surface area (TPSA) is 177 Å². The van der Waals surface area contributed by atoms with Crippen LogP contribution in [0.25, 0.3) is 0 Å².